The lowest BCUT2D eigenvalue weighted by molar-refractivity contribution is 1.00. The van der Waals surface area contributed by atoms with E-state index >= 15 is 0 Å². The Morgan fingerprint density at radius 2 is 0.581 bits per heavy atom. The fourth-order valence-corrected chi connectivity index (χ4v) is 17.7. The van der Waals surface area contributed by atoms with Gasteiger partial charge >= 0.3 is 0 Å². The Bertz CT molecular complexity index is 8000. The molecule has 11 heteroatoms. The molecule has 0 unspecified atom stereocenters. The minimum absolute atomic E-state index is 0.207. The molecule has 0 aliphatic heterocycles. The smallest absolute Gasteiger partial charge is 0.237 e. The molecule has 1 N–H and O–H groups in total. The van der Waals surface area contributed by atoms with Gasteiger partial charge in [-0.3, -0.25) is 4.57 Å². The number of hydrogen-bond donors (Lipinski definition) is 1. The highest BCUT2D eigenvalue weighted by molar-refractivity contribution is 6.29. The number of H-pyrrole nitrogens is 1. The van der Waals surface area contributed by atoms with Gasteiger partial charge in [-0.15, -0.1) is 0 Å². The summed E-state index contributed by atoms with van der Waals surface area (Å²) in [5.41, 5.74) is 26.1. The third-order valence-electron chi connectivity index (χ3n) is 22.8. The van der Waals surface area contributed by atoms with Crippen molar-refractivity contribution in [2.75, 3.05) is 0 Å². The minimum atomic E-state index is 0.207. The Kier molecular flexibility index (Phi) is 16.7. The zero-order valence-corrected chi connectivity index (χ0v) is 63.8. The van der Waals surface area contributed by atoms with E-state index in [2.05, 4.69) is 367 Å². The number of fused-ring (bicyclic) bond motifs is 18. The topological polar surface area (TPSA) is 108 Å². The molecule has 24 aromatic rings. The number of aromatic amines is 1. The summed E-state index contributed by atoms with van der Waals surface area (Å²) in [5.74, 6) is 0.591. The van der Waals surface area contributed by atoms with Crippen LogP contribution in [0.5, 0.6) is 0 Å². The molecule has 0 atom stereocenters. The number of rotatable bonds is 9. The first-order valence-corrected chi connectivity index (χ1v) is 39.6. The average molecular weight is 1520 g/mol. The number of pyridine rings is 2. The third kappa shape index (κ3) is 11.9. The second-order valence-corrected chi connectivity index (χ2v) is 29.8. The van der Waals surface area contributed by atoms with E-state index in [0.717, 1.165) is 77.5 Å². The standard InChI is InChI=1S/C53H33N5.C34H22N2.C19H12ClN3/c1-3-14-34(15-4-1)35-25-27-36(28-26-35)50-43-22-13-31-54-52(43)56-53(55-50)58-48-24-12-9-19-40(48)45-32-37(29-30-49(45)58)44-33-46-41-20-10-11-23-47(41)57(38-16-5-2-6-17-38)51(46)42-21-8-7-18-39(42)44;1-2-10-23(11-3-1)36-33-17-9-7-14-26(33)30-21-28(24-12-4-5-15-27(24)34(30)36)22-18-19-32-29(20-22)25-13-6-8-16-31(25)35-32;20-19-22-17(16-7-4-12-21-18(16)23-19)15-10-8-14(9-11-15)13-5-2-1-3-6-13/h1-33H;1-21,35H;1-12H. The van der Waals surface area contributed by atoms with Crippen molar-refractivity contribution < 1.29 is 0 Å². The summed E-state index contributed by atoms with van der Waals surface area (Å²) in [6, 6.07) is 138. The average Bonchev–Trinajstić information content (AvgIpc) is 1.57. The first-order chi connectivity index (χ1) is 58.0. The first kappa shape index (κ1) is 68.3. The zero-order valence-electron chi connectivity index (χ0n) is 63.0. The molecule has 0 spiro atoms. The van der Waals surface area contributed by atoms with Crippen molar-refractivity contribution in [2.45, 2.75) is 0 Å². The van der Waals surface area contributed by atoms with E-state index < -0.39 is 0 Å². The molecule has 0 saturated carbocycles. The van der Waals surface area contributed by atoms with Crippen LogP contribution in [0.4, 0.5) is 0 Å². The lowest BCUT2D eigenvalue weighted by Crippen LogP contribution is -2.04. The van der Waals surface area contributed by atoms with Gasteiger partial charge in [0.05, 0.1) is 44.5 Å². The van der Waals surface area contributed by atoms with Gasteiger partial charge in [0.25, 0.3) is 0 Å². The molecule has 0 fully saturated rings. The molecule has 548 valence electrons. The summed E-state index contributed by atoms with van der Waals surface area (Å²) >= 11 is 6.04. The van der Waals surface area contributed by atoms with E-state index in [1.807, 2.05) is 54.6 Å². The molecule has 0 aliphatic carbocycles. The Labute approximate surface area is 676 Å². The summed E-state index contributed by atoms with van der Waals surface area (Å²) in [5, 5.41) is 16.8. The molecule has 0 saturated heterocycles. The van der Waals surface area contributed by atoms with Crippen molar-refractivity contribution in [1.82, 2.24) is 48.6 Å². The zero-order chi connectivity index (χ0) is 77.4. The van der Waals surface area contributed by atoms with Gasteiger partial charge in [0, 0.05) is 111 Å². The van der Waals surface area contributed by atoms with Crippen LogP contribution in [0.15, 0.2) is 401 Å². The summed E-state index contributed by atoms with van der Waals surface area (Å²) in [6.07, 6.45) is 3.51. The number of benzene rings is 16. The molecule has 8 heterocycles. The normalized spacial score (nSPS) is 11.6. The SMILES string of the molecule is Clc1nc(-c2ccc(-c3ccccc3)cc2)c2cccnc2n1.c1ccc(-c2ccc(-c3nc(-n4c5ccccc5c5cc(-c6cc7c8ccccc8n(-c8ccccc8)c7c7ccccc67)ccc54)nc4ncccc34)cc2)cc1.c1ccc(-n2c3ccccc3c3cc(-c4ccc5[nH]c6ccccc6c5c4)c4ccccc4c32)cc1. The van der Waals surface area contributed by atoms with Gasteiger partial charge < -0.3 is 14.1 Å². The van der Waals surface area contributed by atoms with Gasteiger partial charge in [-0.1, -0.05) is 279 Å². The number of para-hydroxylation sites is 6. The molecule has 117 heavy (non-hydrogen) atoms. The predicted octanol–water partition coefficient (Wildman–Crippen LogP) is 27.6. The third-order valence-corrected chi connectivity index (χ3v) is 23.0. The van der Waals surface area contributed by atoms with Crippen molar-refractivity contribution in [3.05, 3.63) is 406 Å². The molecular weight excluding hydrogens is 1450 g/mol. The Hall–Kier alpha value is -15.5. The van der Waals surface area contributed by atoms with E-state index in [1.165, 1.54) is 120 Å². The fourth-order valence-electron chi connectivity index (χ4n) is 17.5. The number of nitrogens with one attached hydrogen (secondary N) is 1. The number of halogens is 1. The largest absolute Gasteiger partial charge is 0.355 e. The van der Waals surface area contributed by atoms with Crippen LogP contribution >= 0.6 is 11.6 Å². The van der Waals surface area contributed by atoms with E-state index in [0.29, 0.717) is 17.2 Å². The summed E-state index contributed by atoms with van der Waals surface area (Å²) in [6.45, 7) is 0. The highest BCUT2D eigenvalue weighted by Gasteiger charge is 2.24. The lowest BCUT2D eigenvalue weighted by atomic mass is 9.94. The molecular formula is C106H67ClN10. The van der Waals surface area contributed by atoms with Crippen LogP contribution in [0.1, 0.15) is 0 Å². The second kappa shape index (κ2) is 28.6. The monoisotopic (exact) mass is 1510 g/mol. The maximum atomic E-state index is 6.04. The molecule has 10 nitrogen and oxygen atoms in total. The van der Waals surface area contributed by atoms with Crippen molar-refractivity contribution in [2.24, 2.45) is 0 Å². The quantitative estimate of drug-likeness (QED) is 0.144. The van der Waals surface area contributed by atoms with Gasteiger partial charge in [-0.2, -0.15) is 9.97 Å². The maximum absolute atomic E-state index is 6.04. The van der Waals surface area contributed by atoms with E-state index in [4.69, 9.17) is 26.6 Å². The second-order valence-electron chi connectivity index (χ2n) is 29.5. The lowest BCUT2D eigenvalue weighted by Gasteiger charge is -2.13. The molecule has 0 radical (unpaired) electrons. The molecule has 16 aromatic carbocycles. The number of aromatic nitrogens is 10. The van der Waals surface area contributed by atoms with Gasteiger partial charge in [0.15, 0.2) is 11.3 Å². The van der Waals surface area contributed by atoms with E-state index in [9.17, 15) is 0 Å². The molecule has 8 aromatic heterocycles. The van der Waals surface area contributed by atoms with Gasteiger partial charge in [0.2, 0.25) is 11.2 Å². The summed E-state index contributed by atoms with van der Waals surface area (Å²) in [7, 11) is 0. The van der Waals surface area contributed by atoms with Crippen LogP contribution in [-0.2, 0) is 0 Å². The summed E-state index contributed by atoms with van der Waals surface area (Å²) < 4.78 is 7.02. The van der Waals surface area contributed by atoms with Crippen molar-refractivity contribution in [3.63, 3.8) is 0 Å². The number of nitrogens with zero attached hydrogens (tertiary/aromatic N) is 9. The Morgan fingerprint density at radius 3 is 1.10 bits per heavy atom. The number of hydrogen-bond acceptors (Lipinski definition) is 6. The highest BCUT2D eigenvalue weighted by Crippen LogP contribution is 2.46. The molecule has 0 aliphatic rings. The van der Waals surface area contributed by atoms with Gasteiger partial charge in [-0.25, -0.2) is 19.9 Å². The van der Waals surface area contributed by atoms with Crippen molar-refractivity contribution >= 4 is 142 Å². The van der Waals surface area contributed by atoms with Crippen LogP contribution in [0.3, 0.4) is 0 Å². The Morgan fingerprint density at radius 1 is 0.222 bits per heavy atom. The minimum Gasteiger partial charge on any atom is -0.355 e. The van der Waals surface area contributed by atoms with Crippen molar-refractivity contribution in [3.8, 4) is 84.3 Å². The van der Waals surface area contributed by atoms with Crippen LogP contribution in [-0.4, -0.2) is 48.6 Å². The van der Waals surface area contributed by atoms with Gasteiger partial charge in [-0.05, 0) is 176 Å². The molecule has 0 bridgehead atoms. The fraction of sp³-hybridized carbons (Fsp3) is 0. The van der Waals surface area contributed by atoms with E-state index in [-0.39, 0.29) is 5.28 Å². The molecule has 0 amide bonds. The van der Waals surface area contributed by atoms with E-state index in [1.54, 1.807) is 12.4 Å². The van der Waals surface area contributed by atoms with Crippen LogP contribution in [0, 0.1) is 0 Å². The summed E-state index contributed by atoms with van der Waals surface area (Å²) in [4.78, 5) is 31.6. The Balaban J connectivity index is 0.000000119. The van der Waals surface area contributed by atoms with Gasteiger partial charge in [0.1, 0.15) is 0 Å². The highest BCUT2D eigenvalue weighted by atomic mass is 35.5. The maximum Gasteiger partial charge on any atom is 0.237 e. The van der Waals surface area contributed by atoms with Crippen LogP contribution in [0.2, 0.25) is 5.28 Å². The first-order valence-electron chi connectivity index (χ1n) is 39.2. The predicted molar refractivity (Wildman–Crippen MR) is 486 cm³/mol. The molecule has 24 rings (SSSR count). The van der Waals surface area contributed by atoms with Crippen molar-refractivity contribution in [1.29, 1.82) is 0 Å². The van der Waals surface area contributed by atoms with Crippen LogP contribution in [0.25, 0.3) is 215 Å². The van der Waals surface area contributed by atoms with Crippen LogP contribution < -0.4 is 0 Å².